The lowest BCUT2D eigenvalue weighted by atomic mass is 10.0. The Hall–Kier alpha value is -4.73. The number of thiophene rings is 1. The molecule has 1 amide bonds. The van der Waals surface area contributed by atoms with Gasteiger partial charge in [0.1, 0.15) is 27.8 Å². The molecule has 2 aliphatic heterocycles. The third kappa shape index (κ3) is 9.88. The number of nitrogens with one attached hydrogen (secondary N) is 3. The highest BCUT2D eigenvalue weighted by Gasteiger charge is 2.33. The van der Waals surface area contributed by atoms with Gasteiger partial charge in [0, 0.05) is 68.1 Å². The van der Waals surface area contributed by atoms with Crippen molar-refractivity contribution in [1.82, 2.24) is 35.1 Å². The lowest BCUT2D eigenvalue weighted by Crippen LogP contribution is -2.52. The molecule has 47 heavy (non-hydrogen) atoms. The summed E-state index contributed by atoms with van der Waals surface area (Å²) in [7, 11) is 0. The topological polar surface area (TPSA) is 177 Å². The van der Waals surface area contributed by atoms with Crippen LogP contribution in [0.15, 0.2) is 54.2 Å². The number of amides is 1. The van der Waals surface area contributed by atoms with E-state index in [1.165, 1.54) is 11.3 Å². The number of aliphatic hydroxyl groups is 1. The summed E-state index contributed by atoms with van der Waals surface area (Å²) in [6.45, 7) is 11.1. The van der Waals surface area contributed by atoms with Gasteiger partial charge in [0.2, 0.25) is 5.95 Å². The van der Waals surface area contributed by atoms with Crippen LogP contribution in [0.3, 0.4) is 0 Å². The quantitative estimate of drug-likeness (QED) is 0.186. The maximum Gasteiger partial charge on any atom is 0.410 e. The first kappa shape index (κ1) is 33.6. The van der Waals surface area contributed by atoms with Crippen molar-refractivity contribution in [2.24, 2.45) is 11.8 Å². The second kappa shape index (κ2) is 15.2. The highest BCUT2D eigenvalue weighted by Crippen LogP contribution is 2.24. The maximum absolute atomic E-state index is 12.2. The van der Waals surface area contributed by atoms with Gasteiger partial charge >= 0.3 is 12.1 Å². The van der Waals surface area contributed by atoms with Crippen LogP contribution in [-0.4, -0.2) is 92.0 Å². The molecule has 0 saturated carbocycles. The number of pyridine rings is 1. The van der Waals surface area contributed by atoms with E-state index in [2.05, 4.69) is 40.9 Å². The average Bonchev–Trinajstić information content (AvgIpc) is 3.44. The highest BCUT2D eigenvalue weighted by molar-refractivity contribution is 7.12. The van der Waals surface area contributed by atoms with Crippen LogP contribution in [-0.2, 0) is 9.47 Å². The fraction of sp³-hybridized carbons (Fsp3) is 0.406. The minimum atomic E-state index is -0.429. The summed E-state index contributed by atoms with van der Waals surface area (Å²) in [5.74, 6) is 2.38. The lowest BCUT2D eigenvalue weighted by molar-refractivity contribution is -0.00974. The largest absolute Gasteiger partial charge is 0.461 e. The van der Waals surface area contributed by atoms with E-state index < -0.39 is 5.60 Å². The first-order chi connectivity index (χ1) is 22.5. The second-order valence-corrected chi connectivity index (χ2v) is 13.1. The molecule has 0 radical (unpaired) electrons. The van der Waals surface area contributed by atoms with Crippen molar-refractivity contribution in [1.29, 1.82) is 0 Å². The van der Waals surface area contributed by atoms with Crippen molar-refractivity contribution >= 4 is 46.7 Å². The molecule has 0 aromatic carbocycles. The smallest absolute Gasteiger partial charge is 0.410 e. The Morgan fingerprint density at radius 3 is 2.45 bits per heavy atom. The zero-order valence-corrected chi connectivity index (χ0v) is 27.6. The molecule has 15 heteroatoms. The molecule has 0 atom stereocenters. The van der Waals surface area contributed by atoms with Gasteiger partial charge in [-0.05, 0) is 58.0 Å². The minimum Gasteiger partial charge on any atom is -0.461 e. The van der Waals surface area contributed by atoms with Gasteiger partial charge in [0.25, 0.3) is 0 Å². The summed E-state index contributed by atoms with van der Waals surface area (Å²) in [5, 5.41) is 20.0. The Labute approximate surface area is 277 Å². The van der Waals surface area contributed by atoms with Gasteiger partial charge in [-0.3, -0.25) is 0 Å². The number of nitrogens with zero attached hydrogens (tertiary/aromatic N) is 6. The molecule has 248 valence electrons. The van der Waals surface area contributed by atoms with Crippen molar-refractivity contribution in [3.8, 4) is 11.5 Å². The molecule has 14 nitrogen and oxygen atoms in total. The van der Waals surface area contributed by atoms with Crippen LogP contribution in [0.5, 0.6) is 0 Å². The van der Waals surface area contributed by atoms with Crippen LogP contribution in [0.4, 0.5) is 28.1 Å². The number of aliphatic hydroxyl groups excluding tert-OH is 1. The molecule has 0 spiro atoms. The van der Waals surface area contributed by atoms with Crippen molar-refractivity contribution in [2.75, 3.05) is 50.0 Å². The van der Waals surface area contributed by atoms with Crippen LogP contribution in [0, 0.1) is 18.8 Å². The highest BCUT2D eigenvalue weighted by atomic mass is 32.1. The monoisotopic (exact) mass is 661 g/mol. The number of aryl methyl sites for hydroxylation is 1. The third-order valence-electron chi connectivity index (χ3n) is 6.92. The zero-order valence-electron chi connectivity index (χ0n) is 26.8. The number of hydrogen-bond acceptors (Lipinski definition) is 14. The van der Waals surface area contributed by atoms with Gasteiger partial charge in [0.05, 0.1) is 12.3 Å². The van der Waals surface area contributed by atoms with E-state index >= 15 is 0 Å². The Balaban J connectivity index is 0.000000281. The molecule has 2 fully saturated rings. The number of carbonyl (C=O) groups excluding carboxylic acids is 2. The molecule has 0 unspecified atom stereocenters. The zero-order chi connectivity index (χ0) is 33.4. The van der Waals surface area contributed by atoms with Gasteiger partial charge in [-0.1, -0.05) is 6.07 Å². The molecule has 2 aliphatic rings. The number of esters is 1. The number of ether oxygens (including phenoxy) is 2. The molecule has 0 aliphatic carbocycles. The van der Waals surface area contributed by atoms with Crippen molar-refractivity contribution in [2.45, 2.75) is 33.3 Å². The van der Waals surface area contributed by atoms with Gasteiger partial charge in [-0.2, -0.15) is 4.98 Å². The van der Waals surface area contributed by atoms with E-state index in [4.69, 9.17) is 14.6 Å². The Morgan fingerprint density at radius 1 is 1.02 bits per heavy atom. The predicted molar refractivity (Wildman–Crippen MR) is 178 cm³/mol. The fourth-order valence-corrected chi connectivity index (χ4v) is 5.10. The van der Waals surface area contributed by atoms with Gasteiger partial charge in [-0.25, -0.2) is 29.5 Å². The van der Waals surface area contributed by atoms with Crippen LogP contribution < -0.4 is 16.0 Å². The first-order valence-electron chi connectivity index (χ1n) is 15.2. The second-order valence-electron chi connectivity index (χ2n) is 12.2. The minimum absolute atomic E-state index is 0.152. The number of hydrogen-bond donors (Lipinski definition) is 4. The van der Waals surface area contributed by atoms with E-state index in [-0.39, 0.29) is 24.6 Å². The Kier molecular flexibility index (Phi) is 10.9. The lowest BCUT2D eigenvalue weighted by Gasteiger charge is -2.38. The van der Waals surface area contributed by atoms with Gasteiger partial charge in [0.15, 0.2) is 5.82 Å². The van der Waals surface area contributed by atoms with E-state index in [9.17, 15) is 9.59 Å². The number of rotatable bonds is 9. The van der Waals surface area contributed by atoms with Crippen LogP contribution in [0.2, 0.25) is 0 Å². The summed E-state index contributed by atoms with van der Waals surface area (Å²) in [5.41, 5.74) is 1.88. The summed E-state index contributed by atoms with van der Waals surface area (Å²) >= 11 is 1.31. The molecule has 4 aromatic rings. The fourth-order valence-electron chi connectivity index (χ4n) is 4.37. The molecular weight excluding hydrogens is 622 g/mol. The third-order valence-corrected chi connectivity index (χ3v) is 7.83. The van der Waals surface area contributed by atoms with Gasteiger partial charge < -0.3 is 35.4 Å². The van der Waals surface area contributed by atoms with E-state index in [1.807, 2.05) is 51.3 Å². The summed E-state index contributed by atoms with van der Waals surface area (Å²) < 4.78 is 10.5. The SMILES string of the molecule is CC(C)(C)OC(=O)N1CC(CO)C1.Cc1cccc(-c2nccc(Nc3ccnc(Nc4csc(C(=O)OCC5CNC5)c4)n3)n2)n1. The molecule has 0 bridgehead atoms. The molecular formula is C32H39N9O5S. The Bertz CT molecular complexity index is 1670. The van der Waals surface area contributed by atoms with Crippen LogP contribution >= 0.6 is 11.3 Å². The van der Waals surface area contributed by atoms with E-state index in [0.29, 0.717) is 65.3 Å². The molecule has 6 rings (SSSR count). The number of likely N-dealkylation sites (tertiary alicyclic amines) is 1. The number of anilines is 4. The van der Waals surface area contributed by atoms with E-state index in [1.54, 1.807) is 35.5 Å². The van der Waals surface area contributed by atoms with Crippen LogP contribution in [0.25, 0.3) is 11.5 Å². The average molecular weight is 662 g/mol. The standard InChI is InChI=1S/C23H22N8O2S.C9H17NO3/c1-14-3-2-4-17(27-14)21-25-7-5-19(30-21)29-20-6-8-26-23(31-20)28-16-9-18(34-13-16)22(32)33-12-15-10-24-11-15;1-9(2,3)13-8(12)10-4-7(5-10)6-11/h2-9,13,15,24H,10-12H2,1H3,(H2,25,26,28,29,30,31);7,11H,4-6H2,1-3H3. The summed E-state index contributed by atoms with van der Waals surface area (Å²) in [6, 6.07) is 10.9. The number of aromatic nitrogens is 5. The predicted octanol–water partition coefficient (Wildman–Crippen LogP) is 4.41. The maximum atomic E-state index is 12.2. The van der Waals surface area contributed by atoms with Crippen molar-refractivity contribution in [3.05, 3.63) is 64.7 Å². The molecule has 4 aromatic heterocycles. The molecule has 2 saturated heterocycles. The Morgan fingerprint density at radius 2 is 1.77 bits per heavy atom. The molecule has 6 heterocycles. The van der Waals surface area contributed by atoms with Gasteiger partial charge in [-0.15, -0.1) is 11.3 Å². The van der Waals surface area contributed by atoms with Crippen molar-refractivity contribution < 1.29 is 24.2 Å². The first-order valence-corrected chi connectivity index (χ1v) is 16.1. The van der Waals surface area contributed by atoms with Crippen molar-refractivity contribution in [3.63, 3.8) is 0 Å². The number of carbonyl (C=O) groups is 2. The van der Waals surface area contributed by atoms with E-state index in [0.717, 1.165) is 18.8 Å². The normalized spacial score (nSPS) is 14.6. The molecule has 4 N–H and O–H groups in total. The summed E-state index contributed by atoms with van der Waals surface area (Å²) in [6.07, 6.45) is 3.02. The summed E-state index contributed by atoms with van der Waals surface area (Å²) in [4.78, 5) is 47.8. The van der Waals surface area contributed by atoms with Crippen LogP contribution in [0.1, 0.15) is 36.1 Å².